The monoisotopic (exact) mass is 156 g/mol. The first-order valence-electron chi connectivity index (χ1n) is 2.30. The van der Waals surface area contributed by atoms with Crippen LogP contribution in [0, 0.1) is 0 Å². The highest BCUT2D eigenvalue weighted by atomic mass is 35.5. The van der Waals surface area contributed by atoms with Crippen LogP contribution in [-0.2, 0) is 14.5 Å². The van der Waals surface area contributed by atoms with Crippen LogP contribution in [0.15, 0.2) is 0 Å². The van der Waals surface area contributed by atoms with E-state index in [1.807, 2.05) is 0 Å². The first kappa shape index (κ1) is 8.39. The molecular formula is C3H9ClO3Si. The Labute approximate surface area is 56.3 Å². The highest BCUT2D eigenvalue weighted by Crippen LogP contribution is 1.85. The Morgan fingerprint density at radius 2 is 2.25 bits per heavy atom. The van der Waals surface area contributed by atoms with E-state index in [0.29, 0.717) is 23.0 Å². The SMILES string of the molecule is [SiH3]OOOCCCCl. The van der Waals surface area contributed by atoms with Crippen LogP contribution in [0.3, 0.4) is 0 Å². The largest absolute Gasteiger partial charge is 0.269 e. The van der Waals surface area contributed by atoms with Gasteiger partial charge in [-0.15, -0.1) is 11.6 Å². The lowest BCUT2D eigenvalue weighted by Crippen LogP contribution is -1.96. The zero-order chi connectivity index (χ0) is 6.24. The highest BCUT2D eigenvalue weighted by molar-refractivity contribution is 6.17. The van der Waals surface area contributed by atoms with E-state index in [1.165, 1.54) is 0 Å². The van der Waals surface area contributed by atoms with E-state index in [1.54, 1.807) is 0 Å². The molecule has 0 amide bonds. The third kappa shape index (κ3) is 6.39. The predicted octanol–water partition coefficient (Wildman–Crippen LogP) is -0.225. The van der Waals surface area contributed by atoms with Gasteiger partial charge in [-0.1, -0.05) is 5.04 Å². The fourth-order valence-corrected chi connectivity index (χ4v) is 0.401. The maximum absolute atomic E-state index is 5.31. The van der Waals surface area contributed by atoms with Crippen molar-refractivity contribution in [3.05, 3.63) is 0 Å². The quantitative estimate of drug-likeness (QED) is 0.181. The zero-order valence-corrected chi connectivity index (χ0v) is 7.48. The van der Waals surface area contributed by atoms with Gasteiger partial charge < -0.3 is 0 Å². The fraction of sp³-hybridized carbons (Fsp3) is 1.00. The second-order valence-electron chi connectivity index (χ2n) is 1.10. The smallest absolute Gasteiger partial charge is 0.197 e. The molecule has 0 bridgehead atoms. The Bertz CT molecular complexity index is 39.5. The van der Waals surface area contributed by atoms with Crippen molar-refractivity contribution in [2.75, 3.05) is 12.5 Å². The van der Waals surface area contributed by atoms with Gasteiger partial charge in [0, 0.05) is 5.88 Å². The predicted molar refractivity (Wildman–Crippen MR) is 33.4 cm³/mol. The van der Waals surface area contributed by atoms with E-state index in [4.69, 9.17) is 11.6 Å². The van der Waals surface area contributed by atoms with Crippen molar-refractivity contribution in [2.24, 2.45) is 0 Å². The molecule has 8 heavy (non-hydrogen) atoms. The van der Waals surface area contributed by atoms with Crippen LogP contribution in [0.25, 0.3) is 0 Å². The third-order valence-corrected chi connectivity index (χ3v) is 0.881. The number of hydrogen-bond donors (Lipinski definition) is 0. The van der Waals surface area contributed by atoms with Crippen LogP contribution in [0.1, 0.15) is 6.42 Å². The Morgan fingerprint density at radius 3 is 2.75 bits per heavy atom. The summed E-state index contributed by atoms with van der Waals surface area (Å²) in [6.07, 6.45) is 0.784. The molecule has 0 spiro atoms. The van der Waals surface area contributed by atoms with E-state index < -0.39 is 0 Å². The lowest BCUT2D eigenvalue weighted by atomic mass is 10.5. The van der Waals surface area contributed by atoms with Gasteiger partial charge in [0.25, 0.3) is 0 Å². The van der Waals surface area contributed by atoms with Gasteiger partial charge >= 0.3 is 0 Å². The molecule has 0 aromatic rings. The standard InChI is InChI=1S/C3H9ClO3Si/c4-2-1-3-5-6-7-8/h1-3H2,8H3. The van der Waals surface area contributed by atoms with Gasteiger partial charge in [0.2, 0.25) is 0 Å². The van der Waals surface area contributed by atoms with Crippen LogP contribution in [0.5, 0.6) is 0 Å². The molecular weight excluding hydrogens is 148 g/mol. The summed E-state index contributed by atoms with van der Waals surface area (Å²) in [5.74, 6) is 0.588. The summed E-state index contributed by atoms with van der Waals surface area (Å²) in [7, 11) is 0.527. The molecule has 0 fully saturated rings. The van der Waals surface area contributed by atoms with Gasteiger partial charge in [-0.25, -0.2) is 4.89 Å². The van der Waals surface area contributed by atoms with Crippen molar-refractivity contribution in [3.63, 3.8) is 0 Å². The van der Waals surface area contributed by atoms with E-state index in [2.05, 4.69) is 14.5 Å². The maximum Gasteiger partial charge on any atom is 0.197 e. The molecule has 0 radical (unpaired) electrons. The normalized spacial score (nSPS) is 10.1. The van der Waals surface area contributed by atoms with Gasteiger partial charge in [0.1, 0.15) is 0 Å². The molecule has 5 heteroatoms. The van der Waals surface area contributed by atoms with E-state index in [0.717, 1.165) is 6.42 Å². The topological polar surface area (TPSA) is 27.7 Å². The van der Waals surface area contributed by atoms with Crippen LogP contribution >= 0.6 is 11.6 Å². The minimum Gasteiger partial charge on any atom is -0.269 e. The van der Waals surface area contributed by atoms with Crippen LogP contribution in [0.2, 0.25) is 0 Å². The van der Waals surface area contributed by atoms with Crippen LogP contribution < -0.4 is 0 Å². The molecule has 0 aromatic heterocycles. The molecule has 0 atom stereocenters. The Hall–Kier alpha value is 0.387. The molecule has 0 saturated heterocycles. The molecule has 0 N–H and O–H groups in total. The molecule has 0 aromatic carbocycles. The molecule has 0 rings (SSSR count). The molecule has 3 nitrogen and oxygen atoms in total. The molecule has 0 aliphatic carbocycles. The maximum atomic E-state index is 5.31. The second kappa shape index (κ2) is 7.39. The minimum absolute atomic E-state index is 0.492. The lowest BCUT2D eigenvalue weighted by Gasteiger charge is -1.96. The lowest BCUT2D eigenvalue weighted by molar-refractivity contribution is -0.466. The van der Waals surface area contributed by atoms with Crippen molar-refractivity contribution in [2.45, 2.75) is 6.42 Å². The number of rotatable bonds is 5. The summed E-state index contributed by atoms with van der Waals surface area (Å²) in [5.41, 5.74) is 0. The summed E-state index contributed by atoms with van der Waals surface area (Å²) in [5, 5.41) is 4.14. The third-order valence-electron chi connectivity index (χ3n) is 0.477. The van der Waals surface area contributed by atoms with E-state index >= 15 is 0 Å². The molecule has 0 heterocycles. The van der Waals surface area contributed by atoms with Gasteiger partial charge in [0.05, 0.1) is 6.61 Å². The summed E-state index contributed by atoms with van der Waals surface area (Å²) in [6.45, 7) is 0.492. The van der Waals surface area contributed by atoms with Crippen molar-refractivity contribution in [1.82, 2.24) is 0 Å². The van der Waals surface area contributed by atoms with Crippen molar-refractivity contribution >= 4 is 22.1 Å². The van der Waals surface area contributed by atoms with Crippen molar-refractivity contribution in [1.29, 1.82) is 0 Å². The summed E-state index contributed by atoms with van der Waals surface area (Å²) in [6, 6.07) is 0. The Kier molecular flexibility index (Phi) is 7.74. The average Bonchev–Trinajstić information content (AvgIpc) is 1.81. The first-order valence-corrected chi connectivity index (χ1v) is 3.65. The molecule has 50 valence electrons. The molecule has 0 aliphatic rings. The van der Waals surface area contributed by atoms with E-state index in [-0.39, 0.29) is 0 Å². The van der Waals surface area contributed by atoms with Gasteiger partial charge in [0.15, 0.2) is 10.5 Å². The van der Waals surface area contributed by atoms with Gasteiger partial charge in [-0.3, -0.25) is 4.58 Å². The van der Waals surface area contributed by atoms with Crippen LogP contribution in [0.4, 0.5) is 0 Å². The van der Waals surface area contributed by atoms with Gasteiger partial charge in [-0.05, 0) is 6.42 Å². The summed E-state index contributed by atoms with van der Waals surface area (Å²) in [4.78, 5) is 4.45. The summed E-state index contributed by atoms with van der Waals surface area (Å²) >= 11 is 5.31. The number of halogens is 1. The zero-order valence-electron chi connectivity index (χ0n) is 4.72. The fourth-order valence-electron chi connectivity index (χ4n) is 0.196. The number of alkyl halides is 1. The van der Waals surface area contributed by atoms with Gasteiger partial charge in [-0.2, -0.15) is 0 Å². The highest BCUT2D eigenvalue weighted by Gasteiger charge is 1.84. The average molecular weight is 157 g/mol. The van der Waals surface area contributed by atoms with Crippen molar-refractivity contribution < 1.29 is 14.5 Å². The Morgan fingerprint density at radius 1 is 1.50 bits per heavy atom. The first-order chi connectivity index (χ1) is 3.91. The molecule has 0 unspecified atom stereocenters. The second-order valence-corrected chi connectivity index (χ2v) is 1.81. The minimum atomic E-state index is 0.492. The number of hydrogen-bond acceptors (Lipinski definition) is 3. The summed E-state index contributed by atoms with van der Waals surface area (Å²) < 4.78 is 4.26. The molecule has 0 aliphatic heterocycles. The van der Waals surface area contributed by atoms with Crippen LogP contribution in [-0.4, -0.2) is 23.0 Å². The van der Waals surface area contributed by atoms with E-state index in [9.17, 15) is 0 Å². The molecule has 0 saturated carbocycles. The van der Waals surface area contributed by atoms with Crippen molar-refractivity contribution in [3.8, 4) is 0 Å². The Balaban J connectivity index is 2.53.